The van der Waals surface area contributed by atoms with Crippen molar-refractivity contribution < 1.29 is 5.11 Å². The molecule has 2 N–H and O–H groups in total. The lowest BCUT2D eigenvalue weighted by atomic mass is 10.0. The van der Waals surface area contributed by atoms with E-state index in [4.69, 9.17) is 0 Å². The summed E-state index contributed by atoms with van der Waals surface area (Å²) in [5, 5.41) is 13.6. The van der Waals surface area contributed by atoms with Crippen molar-refractivity contribution in [2.75, 3.05) is 0 Å². The standard InChI is InChI=1S/C16H19BrN2O/c1-11-3-8-15(19-9-11)10-18-12(2)16(20)13-4-6-14(17)7-5-13/h3-9,12,16,18,20H,10H2,1-2H3/t12-,16+/m1/s1. The Morgan fingerprint density at radius 3 is 2.50 bits per heavy atom. The van der Waals surface area contributed by atoms with Gasteiger partial charge in [-0.2, -0.15) is 0 Å². The number of nitrogens with zero attached hydrogens (tertiary/aromatic N) is 1. The molecular weight excluding hydrogens is 316 g/mol. The summed E-state index contributed by atoms with van der Waals surface area (Å²) in [5.41, 5.74) is 3.03. The van der Waals surface area contributed by atoms with Gasteiger partial charge in [-0.1, -0.05) is 34.1 Å². The highest BCUT2D eigenvalue weighted by atomic mass is 79.9. The molecule has 106 valence electrons. The first kappa shape index (κ1) is 15.2. The number of pyridine rings is 1. The van der Waals surface area contributed by atoms with Crippen molar-refractivity contribution in [3.63, 3.8) is 0 Å². The minimum Gasteiger partial charge on any atom is -0.387 e. The molecule has 0 unspecified atom stereocenters. The van der Waals surface area contributed by atoms with E-state index in [1.54, 1.807) is 0 Å². The Kier molecular flexibility index (Phi) is 5.29. The Morgan fingerprint density at radius 2 is 1.90 bits per heavy atom. The van der Waals surface area contributed by atoms with Crippen molar-refractivity contribution in [2.45, 2.75) is 32.5 Å². The lowest BCUT2D eigenvalue weighted by Crippen LogP contribution is -2.32. The molecule has 0 saturated carbocycles. The zero-order chi connectivity index (χ0) is 14.5. The summed E-state index contributed by atoms with van der Waals surface area (Å²) in [6, 6.07) is 11.7. The summed E-state index contributed by atoms with van der Waals surface area (Å²) in [6.45, 7) is 4.64. The van der Waals surface area contributed by atoms with E-state index in [2.05, 4.69) is 26.2 Å². The fourth-order valence-electron chi connectivity index (χ4n) is 1.93. The van der Waals surface area contributed by atoms with Gasteiger partial charge in [0.05, 0.1) is 11.8 Å². The van der Waals surface area contributed by atoms with Crippen LogP contribution in [0.2, 0.25) is 0 Å². The average Bonchev–Trinajstić information content (AvgIpc) is 2.46. The molecule has 0 saturated heterocycles. The van der Waals surface area contributed by atoms with Gasteiger partial charge in [-0.05, 0) is 43.2 Å². The van der Waals surface area contributed by atoms with Gasteiger partial charge in [-0.15, -0.1) is 0 Å². The lowest BCUT2D eigenvalue weighted by Gasteiger charge is -2.20. The largest absolute Gasteiger partial charge is 0.387 e. The van der Waals surface area contributed by atoms with Crippen LogP contribution >= 0.6 is 15.9 Å². The van der Waals surface area contributed by atoms with Gasteiger partial charge in [-0.3, -0.25) is 4.98 Å². The Morgan fingerprint density at radius 1 is 1.20 bits per heavy atom. The number of benzene rings is 1. The van der Waals surface area contributed by atoms with Crippen molar-refractivity contribution >= 4 is 15.9 Å². The maximum Gasteiger partial charge on any atom is 0.0940 e. The molecule has 2 aromatic rings. The molecule has 0 radical (unpaired) electrons. The Labute approximate surface area is 128 Å². The van der Waals surface area contributed by atoms with Crippen LogP contribution in [0.15, 0.2) is 47.1 Å². The SMILES string of the molecule is Cc1ccc(CN[C@H](C)[C@H](O)c2ccc(Br)cc2)nc1. The van der Waals surface area contributed by atoms with Gasteiger partial charge < -0.3 is 10.4 Å². The summed E-state index contributed by atoms with van der Waals surface area (Å²) in [6.07, 6.45) is 1.32. The normalized spacial score (nSPS) is 14.0. The number of nitrogens with one attached hydrogen (secondary N) is 1. The van der Waals surface area contributed by atoms with Crippen LogP contribution in [0.4, 0.5) is 0 Å². The second-order valence-electron chi connectivity index (χ2n) is 4.99. The predicted molar refractivity (Wildman–Crippen MR) is 84.4 cm³/mol. The summed E-state index contributed by atoms with van der Waals surface area (Å²) < 4.78 is 1.01. The third-order valence-corrected chi connectivity index (χ3v) is 3.79. The molecule has 2 atom stereocenters. The van der Waals surface area contributed by atoms with Gasteiger partial charge in [0.2, 0.25) is 0 Å². The Balaban J connectivity index is 1.92. The van der Waals surface area contributed by atoms with Crippen LogP contribution in [0.3, 0.4) is 0 Å². The van der Waals surface area contributed by atoms with Crippen LogP contribution in [-0.2, 0) is 6.54 Å². The fourth-order valence-corrected chi connectivity index (χ4v) is 2.19. The van der Waals surface area contributed by atoms with Crippen LogP contribution < -0.4 is 5.32 Å². The highest BCUT2D eigenvalue weighted by molar-refractivity contribution is 9.10. The van der Waals surface area contributed by atoms with Gasteiger partial charge in [0.1, 0.15) is 0 Å². The van der Waals surface area contributed by atoms with Gasteiger partial charge in [0.15, 0.2) is 0 Å². The first-order chi connectivity index (χ1) is 9.56. The second kappa shape index (κ2) is 6.97. The van der Waals surface area contributed by atoms with Gasteiger partial charge in [-0.25, -0.2) is 0 Å². The molecule has 1 aromatic heterocycles. The minimum atomic E-state index is -0.534. The molecule has 2 rings (SSSR count). The van der Waals surface area contributed by atoms with E-state index in [1.807, 2.05) is 56.4 Å². The van der Waals surface area contributed by atoms with E-state index in [0.29, 0.717) is 6.54 Å². The molecule has 0 fully saturated rings. The molecule has 0 aliphatic rings. The van der Waals surface area contributed by atoms with Gasteiger partial charge in [0, 0.05) is 23.3 Å². The number of hydrogen-bond donors (Lipinski definition) is 2. The lowest BCUT2D eigenvalue weighted by molar-refractivity contribution is 0.135. The molecule has 1 aromatic carbocycles. The second-order valence-corrected chi connectivity index (χ2v) is 5.91. The maximum absolute atomic E-state index is 10.3. The maximum atomic E-state index is 10.3. The number of aryl methyl sites for hydroxylation is 1. The summed E-state index contributed by atoms with van der Waals surface area (Å²) in [5.74, 6) is 0. The molecule has 0 aliphatic carbocycles. The van der Waals surface area contributed by atoms with Crippen LogP contribution in [-0.4, -0.2) is 16.1 Å². The van der Waals surface area contributed by atoms with Gasteiger partial charge in [0.25, 0.3) is 0 Å². The number of hydrogen-bond acceptors (Lipinski definition) is 3. The highest BCUT2D eigenvalue weighted by Gasteiger charge is 2.15. The zero-order valence-corrected chi connectivity index (χ0v) is 13.3. The van der Waals surface area contributed by atoms with E-state index < -0.39 is 6.10 Å². The average molecular weight is 335 g/mol. The van der Waals surface area contributed by atoms with E-state index >= 15 is 0 Å². The van der Waals surface area contributed by atoms with Crippen LogP contribution in [0.5, 0.6) is 0 Å². The third kappa shape index (κ3) is 4.13. The summed E-state index contributed by atoms with van der Waals surface area (Å²) in [4.78, 5) is 4.34. The molecule has 0 spiro atoms. The molecule has 0 bridgehead atoms. The van der Waals surface area contributed by atoms with Crippen molar-refractivity contribution in [3.05, 3.63) is 63.9 Å². The number of aromatic nitrogens is 1. The number of rotatable bonds is 5. The molecular formula is C16H19BrN2O. The molecule has 0 amide bonds. The topological polar surface area (TPSA) is 45.1 Å². The monoisotopic (exact) mass is 334 g/mol. The first-order valence-electron chi connectivity index (χ1n) is 6.64. The molecule has 4 heteroatoms. The van der Waals surface area contributed by atoms with Crippen molar-refractivity contribution in [1.29, 1.82) is 0 Å². The zero-order valence-electron chi connectivity index (χ0n) is 11.7. The van der Waals surface area contributed by atoms with Gasteiger partial charge >= 0.3 is 0 Å². The van der Waals surface area contributed by atoms with Crippen molar-refractivity contribution in [2.24, 2.45) is 0 Å². The molecule has 3 nitrogen and oxygen atoms in total. The molecule has 1 heterocycles. The van der Waals surface area contributed by atoms with E-state index in [9.17, 15) is 5.11 Å². The number of aliphatic hydroxyl groups is 1. The van der Waals surface area contributed by atoms with E-state index in [0.717, 1.165) is 21.3 Å². The quantitative estimate of drug-likeness (QED) is 0.881. The third-order valence-electron chi connectivity index (χ3n) is 3.26. The van der Waals surface area contributed by atoms with Crippen LogP contribution in [0, 0.1) is 6.92 Å². The Bertz CT molecular complexity index is 539. The molecule has 0 aliphatic heterocycles. The smallest absolute Gasteiger partial charge is 0.0940 e. The van der Waals surface area contributed by atoms with Crippen molar-refractivity contribution in [1.82, 2.24) is 10.3 Å². The number of halogens is 1. The minimum absolute atomic E-state index is 0.0423. The van der Waals surface area contributed by atoms with Crippen LogP contribution in [0.25, 0.3) is 0 Å². The molecule has 20 heavy (non-hydrogen) atoms. The van der Waals surface area contributed by atoms with E-state index in [1.165, 1.54) is 0 Å². The summed E-state index contributed by atoms with van der Waals surface area (Å²) >= 11 is 3.39. The number of aliphatic hydroxyl groups excluding tert-OH is 1. The Hall–Kier alpha value is -1.23. The summed E-state index contributed by atoms with van der Waals surface area (Å²) in [7, 11) is 0. The fraction of sp³-hybridized carbons (Fsp3) is 0.312. The van der Waals surface area contributed by atoms with Crippen molar-refractivity contribution in [3.8, 4) is 0 Å². The highest BCUT2D eigenvalue weighted by Crippen LogP contribution is 2.19. The van der Waals surface area contributed by atoms with E-state index in [-0.39, 0.29) is 6.04 Å². The first-order valence-corrected chi connectivity index (χ1v) is 7.44. The predicted octanol–water partition coefficient (Wildman–Crippen LogP) is 3.36. The van der Waals surface area contributed by atoms with Crippen LogP contribution in [0.1, 0.15) is 29.8 Å².